The smallest absolute Gasteiger partial charge is 0.408 e. The van der Waals surface area contributed by atoms with Crippen LogP contribution in [0.5, 0.6) is 5.75 Å². The van der Waals surface area contributed by atoms with Crippen molar-refractivity contribution < 1.29 is 24.2 Å². The molecule has 0 aromatic heterocycles. The number of phenolic OH excluding ortho intramolecular Hbond substituents is 1. The summed E-state index contributed by atoms with van der Waals surface area (Å²) in [5.41, 5.74) is 2.59. The van der Waals surface area contributed by atoms with E-state index in [4.69, 9.17) is 4.74 Å². The maximum atomic E-state index is 14.5. The van der Waals surface area contributed by atoms with Crippen molar-refractivity contribution >= 4 is 17.9 Å². The van der Waals surface area contributed by atoms with E-state index < -0.39 is 23.8 Å². The van der Waals surface area contributed by atoms with Crippen molar-refractivity contribution in [3.05, 3.63) is 64.7 Å². The first-order valence-corrected chi connectivity index (χ1v) is 14.2. The van der Waals surface area contributed by atoms with Crippen LogP contribution in [0, 0.1) is 13.8 Å². The molecule has 2 rings (SSSR count). The molecule has 3 unspecified atom stereocenters. The Morgan fingerprint density at radius 3 is 2.12 bits per heavy atom. The first-order valence-electron chi connectivity index (χ1n) is 14.2. The fourth-order valence-electron chi connectivity index (χ4n) is 4.63. The molecule has 0 heterocycles. The standard InChI is InChI=1S/C32H47N3O5/c1-9-11-19-33-29(37)28(27-21(3)13-12-14-22(27)4)35(23(5)10-2)30(38)26(34-31(39)40-32(6,7)8)20-24-15-17-25(36)18-16-24/h12-18,23,26,28,36H,9-11,19-20H2,1-8H3,(H,33,37)(H,34,39). The molecule has 0 bridgehead atoms. The van der Waals surface area contributed by atoms with Crippen LogP contribution in [0.25, 0.3) is 0 Å². The summed E-state index contributed by atoms with van der Waals surface area (Å²) >= 11 is 0. The molecular weight excluding hydrogens is 506 g/mol. The lowest BCUT2D eigenvalue weighted by Gasteiger charge is -2.39. The Labute approximate surface area is 239 Å². The fourth-order valence-corrected chi connectivity index (χ4v) is 4.63. The number of phenols is 1. The van der Waals surface area contributed by atoms with Crippen LogP contribution in [0.1, 0.15) is 89.1 Å². The fraction of sp³-hybridized carbons (Fsp3) is 0.531. The predicted molar refractivity (Wildman–Crippen MR) is 158 cm³/mol. The van der Waals surface area contributed by atoms with Gasteiger partial charge in [-0.15, -0.1) is 0 Å². The first-order chi connectivity index (χ1) is 18.8. The van der Waals surface area contributed by atoms with Crippen molar-refractivity contribution in [2.45, 2.75) is 105 Å². The van der Waals surface area contributed by atoms with E-state index in [2.05, 4.69) is 17.6 Å². The minimum absolute atomic E-state index is 0.104. The zero-order valence-electron chi connectivity index (χ0n) is 25.3. The van der Waals surface area contributed by atoms with Crippen LogP contribution in [-0.2, 0) is 20.7 Å². The number of hydrogen-bond donors (Lipinski definition) is 3. The lowest BCUT2D eigenvalue weighted by atomic mass is 9.92. The minimum atomic E-state index is -1.01. The average Bonchev–Trinajstić information content (AvgIpc) is 2.87. The van der Waals surface area contributed by atoms with E-state index in [1.165, 1.54) is 12.1 Å². The maximum Gasteiger partial charge on any atom is 0.408 e. The van der Waals surface area contributed by atoms with Gasteiger partial charge in [0.05, 0.1) is 0 Å². The second kappa shape index (κ2) is 14.7. The average molecular weight is 554 g/mol. The highest BCUT2D eigenvalue weighted by Gasteiger charge is 2.39. The molecule has 0 saturated heterocycles. The van der Waals surface area contributed by atoms with E-state index in [0.29, 0.717) is 13.0 Å². The molecule has 8 nitrogen and oxygen atoms in total. The number of hydrogen-bond acceptors (Lipinski definition) is 5. The monoisotopic (exact) mass is 553 g/mol. The van der Waals surface area contributed by atoms with E-state index >= 15 is 0 Å². The van der Waals surface area contributed by atoms with Crippen molar-refractivity contribution in [2.75, 3.05) is 6.54 Å². The van der Waals surface area contributed by atoms with Gasteiger partial charge in [-0.05, 0) is 88.8 Å². The number of benzene rings is 2. The second-order valence-corrected chi connectivity index (χ2v) is 11.4. The Hall–Kier alpha value is -3.55. The van der Waals surface area contributed by atoms with Crippen LogP contribution in [0.15, 0.2) is 42.5 Å². The summed E-state index contributed by atoms with van der Waals surface area (Å²) in [4.78, 5) is 42.9. The van der Waals surface area contributed by atoms with Crippen LogP contribution in [0.3, 0.4) is 0 Å². The zero-order valence-corrected chi connectivity index (χ0v) is 25.3. The molecule has 0 aliphatic rings. The molecule has 220 valence electrons. The first kappa shape index (κ1) is 32.7. The quantitative estimate of drug-likeness (QED) is 0.291. The van der Waals surface area contributed by atoms with E-state index in [0.717, 1.165) is 35.1 Å². The van der Waals surface area contributed by atoms with Gasteiger partial charge in [0.1, 0.15) is 23.4 Å². The van der Waals surface area contributed by atoms with Crippen LogP contribution >= 0.6 is 0 Å². The van der Waals surface area contributed by atoms with Gasteiger partial charge in [-0.2, -0.15) is 0 Å². The molecule has 0 spiro atoms. The number of ether oxygens (including phenoxy) is 1. The zero-order chi connectivity index (χ0) is 30.0. The number of amides is 3. The largest absolute Gasteiger partial charge is 0.508 e. The summed E-state index contributed by atoms with van der Waals surface area (Å²) in [6.45, 7) is 15.6. The molecule has 0 aliphatic heterocycles. The summed E-state index contributed by atoms with van der Waals surface area (Å²) in [6.07, 6.45) is 1.80. The number of aromatic hydroxyl groups is 1. The third-order valence-electron chi connectivity index (χ3n) is 6.86. The highest BCUT2D eigenvalue weighted by atomic mass is 16.6. The van der Waals surface area contributed by atoms with Crippen molar-refractivity contribution in [2.24, 2.45) is 0 Å². The van der Waals surface area contributed by atoms with Crippen LogP contribution in [-0.4, -0.2) is 52.1 Å². The summed E-state index contributed by atoms with van der Waals surface area (Å²) < 4.78 is 5.50. The predicted octanol–water partition coefficient (Wildman–Crippen LogP) is 5.73. The summed E-state index contributed by atoms with van der Waals surface area (Å²) in [5, 5.41) is 15.6. The number of aryl methyl sites for hydroxylation is 2. The maximum absolute atomic E-state index is 14.5. The number of carbonyl (C=O) groups is 3. The van der Waals surface area contributed by atoms with Gasteiger partial charge in [-0.1, -0.05) is 50.6 Å². The number of nitrogens with one attached hydrogen (secondary N) is 2. The Kier molecular flexibility index (Phi) is 12.0. The van der Waals surface area contributed by atoms with E-state index in [1.807, 2.05) is 45.9 Å². The molecule has 3 atom stereocenters. The van der Waals surface area contributed by atoms with Gasteiger partial charge < -0.3 is 25.4 Å². The number of unbranched alkanes of at least 4 members (excludes halogenated alkanes) is 1. The van der Waals surface area contributed by atoms with Crippen LogP contribution in [0.2, 0.25) is 0 Å². The Bertz CT molecular complexity index is 1120. The molecular formula is C32H47N3O5. The second-order valence-electron chi connectivity index (χ2n) is 11.4. The van der Waals surface area contributed by atoms with E-state index in [1.54, 1.807) is 37.8 Å². The van der Waals surface area contributed by atoms with Crippen molar-refractivity contribution in [1.29, 1.82) is 0 Å². The summed E-state index contributed by atoms with van der Waals surface area (Å²) in [5.74, 6) is -0.529. The van der Waals surface area contributed by atoms with Crippen molar-refractivity contribution in [3.8, 4) is 5.75 Å². The molecule has 0 aliphatic carbocycles. The highest BCUT2D eigenvalue weighted by Crippen LogP contribution is 2.31. The molecule has 3 amide bonds. The third kappa shape index (κ3) is 9.28. The Morgan fingerprint density at radius 1 is 1.00 bits per heavy atom. The molecule has 2 aromatic rings. The summed E-state index contributed by atoms with van der Waals surface area (Å²) in [6, 6.07) is 10.1. The normalized spacial score (nSPS) is 13.6. The Balaban J connectivity index is 2.63. The molecule has 3 N–H and O–H groups in total. The summed E-state index contributed by atoms with van der Waals surface area (Å²) in [7, 11) is 0. The molecule has 40 heavy (non-hydrogen) atoms. The lowest BCUT2D eigenvalue weighted by Crippen LogP contribution is -2.56. The van der Waals surface area contributed by atoms with Crippen molar-refractivity contribution in [1.82, 2.24) is 15.5 Å². The van der Waals surface area contributed by atoms with E-state index in [9.17, 15) is 19.5 Å². The van der Waals surface area contributed by atoms with Crippen LogP contribution in [0.4, 0.5) is 4.79 Å². The number of rotatable bonds is 12. The molecule has 0 radical (unpaired) electrons. The Morgan fingerprint density at radius 2 is 1.60 bits per heavy atom. The number of carbonyl (C=O) groups excluding carboxylic acids is 3. The third-order valence-corrected chi connectivity index (χ3v) is 6.86. The van der Waals surface area contributed by atoms with Gasteiger partial charge in [0.15, 0.2) is 0 Å². The van der Waals surface area contributed by atoms with Crippen LogP contribution < -0.4 is 10.6 Å². The van der Waals surface area contributed by atoms with Gasteiger partial charge in [0.2, 0.25) is 11.8 Å². The molecule has 2 aromatic carbocycles. The molecule has 0 saturated carbocycles. The van der Waals surface area contributed by atoms with Gasteiger partial charge in [-0.3, -0.25) is 9.59 Å². The van der Waals surface area contributed by atoms with Gasteiger partial charge in [-0.25, -0.2) is 4.79 Å². The van der Waals surface area contributed by atoms with Gasteiger partial charge in [0.25, 0.3) is 0 Å². The van der Waals surface area contributed by atoms with E-state index in [-0.39, 0.29) is 30.0 Å². The van der Waals surface area contributed by atoms with Gasteiger partial charge >= 0.3 is 6.09 Å². The SMILES string of the molecule is CCCCNC(=O)C(c1c(C)cccc1C)N(C(=O)C(Cc1ccc(O)cc1)NC(=O)OC(C)(C)C)C(C)CC. The minimum Gasteiger partial charge on any atom is -0.508 e. The van der Waals surface area contributed by atoms with Crippen molar-refractivity contribution in [3.63, 3.8) is 0 Å². The highest BCUT2D eigenvalue weighted by molar-refractivity contribution is 5.93. The topological polar surface area (TPSA) is 108 Å². The molecule has 8 heteroatoms. The van der Waals surface area contributed by atoms with Gasteiger partial charge in [0, 0.05) is 19.0 Å². The number of nitrogens with zero attached hydrogens (tertiary/aromatic N) is 1. The molecule has 0 fully saturated rings. The lowest BCUT2D eigenvalue weighted by molar-refractivity contribution is -0.145. The number of alkyl carbamates (subject to hydrolysis) is 1.